The van der Waals surface area contributed by atoms with Crippen LogP contribution in [0.5, 0.6) is 5.75 Å². The number of nitrogens with one attached hydrogen (secondary N) is 1. The van der Waals surface area contributed by atoms with Crippen molar-refractivity contribution in [1.29, 1.82) is 0 Å². The first-order chi connectivity index (χ1) is 10.4. The van der Waals surface area contributed by atoms with Crippen molar-refractivity contribution in [3.63, 3.8) is 0 Å². The summed E-state index contributed by atoms with van der Waals surface area (Å²) in [5, 5.41) is 10.3. The van der Waals surface area contributed by atoms with Crippen LogP contribution in [-0.2, 0) is 5.92 Å². The van der Waals surface area contributed by atoms with Crippen molar-refractivity contribution >= 4 is 11.5 Å². The van der Waals surface area contributed by atoms with Crippen LogP contribution in [0.2, 0.25) is 0 Å². The molecule has 0 aliphatic carbocycles. The summed E-state index contributed by atoms with van der Waals surface area (Å²) < 4.78 is 31.8. The number of nitrogens with zero attached hydrogens (tertiary/aromatic N) is 2. The first kappa shape index (κ1) is 16.1. The molecule has 4 nitrogen and oxygen atoms in total. The van der Waals surface area contributed by atoms with Crippen LogP contribution in [0.15, 0.2) is 36.4 Å². The lowest BCUT2D eigenvalue weighted by atomic mass is 10.2. The van der Waals surface area contributed by atoms with E-state index in [1.165, 1.54) is 12.1 Å². The van der Waals surface area contributed by atoms with Gasteiger partial charge in [-0.2, -0.15) is 8.78 Å². The van der Waals surface area contributed by atoms with E-state index in [1.54, 1.807) is 0 Å². The topological polar surface area (TPSA) is 47.0 Å². The minimum atomic E-state index is -2.99. The molecule has 1 unspecified atom stereocenters. The Bertz CT molecular complexity index is 594. The Balaban J connectivity index is 2.02. The number of rotatable bonds is 6. The van der Waals surface area contributed by atoms with E-state index in [0.29, 0.717) is 5.82 Å². The summed E-state index contributed by atoms with van der Waals surface area (Å²) in [6, 6.07) is 10.1. The van der Waals surface area contributed by atoms with Crippen molar-refractivity contribution in [2.75, 3.05) is 5.32 Å². The Kier molecular flexibility index (Phi) is 4.90. The van der Waals surface area contributed by atoms with Crippen molar-refractivity contribution in [3.05, 3.63) is 42.1 Å². The largest absolute Gasteiger partial charge is 0.491 e. The number of benzene rings is 1. The fourth-order valence-corrected chi connectivity index (χ4v) is 1.71. The van der Waals surface area contributed by atoms with E-state index in [0.717, 1.165) is 24.8 Å². The number of alkyl halides is 2. The molecule has 2 rings (SSSR count). The third-order valence-corrected chi connectivity index (χ3v) is 3.15. The number of hydrogen-bond acceptors (Lipinski definition) is 4. The second kappa shape index (κ2) is 6.68. The van der Waals surface area contributed by atoms with Gasteiger partial charge in [0.2, 0.25) is 0 Å². The zero-order valence-electron chi connectivity index (χ0n) is 12.8. The predicted molar refractivity (Wildman–Crippen MR) is 81.7 cm³/mol. The highest BCUT2D eigenvalue weighted by molar-refractivity contribution is 5.56. The van der Waals surface area contributed by atoms with Crippen LogP contribution in [-0.4, -0.2) is 16.3 Å². The average molecular weight is 307 g/mol. The highest BCUT2D eigenvalue weighted by atomic mass is 19.3. The molecule has 0 saturated carbocycles. The van der Waals surface area contributed by atoms with Crippen molar-refractivity contribution in [1.82, 2.24) is 10.2 Å². The molecule has 0 spiro atoms. The van der Waals surface area contributed by atoms with Crippen molar-refractivity contribution in [2.45, 2.75) is 39.2 Å². The predicted octanol–water partition coefficient (Wildman–Crippen LogP) is 4.51. The van der Waals surface area contributed by atoms with Gasteiger partial charge in [-0.25, -0.2) is 0 Å². The van der Waals surface area contributed by atoms with Gasteiger partial charge in [-0.1, -0.05) is 6.92 Å². The quantitative estimate of drug-likeness (QED) is 0.853. The molecule has 0 aliphatic heterocycles. The Hall–Kier alpha value is -2.24. The summed E-state index contributed by atoms with van der Waals surface area (Å²) in [5.74, 6) is -1.80. The van der Waals surface area contributed by atoms with Gasteiger partial charge in [-0.3, -0.25) is 0 Å². The normalized spacial score (nSPS) is 12.8. The monoisotopic (exact) mass is 307 g/mol. The van der Waals surface area contributed by atoms with Crippen LogP contribution in [0.4, 0.5) is 20.3 Å². The summed E-state index contributed by atoms with van der Waals surface area (Å²) in [5.41, 5.74) is 0.428. The fraction of sp³-hybridized carbons (Fsp3) is 0.375. The maximum atomic E-state index is 13.1. The summed E-state index contributed by atoms with van der Waals surface area (Å²) >= 11 is 0. The van der Waals surface area contributed by atoms with E-state index in [4.69, 9.17) is 4.74 Å². The molecule has 0 radical (unpaired) electrons. The molecular formula is C16H19F2N3O. The van der Waals surface area contributed by atoms with Crippen LogP contribution in [0, 0.1) is 0 Å². The summed E-state index contributed by atoms with van der Waals surface area (Å²) in [6.07, 6.45) is 1.09. The Labute approximate surface area is 128 Å². The molecule has 22 heavy (non-hydrogen) atoms. The van der Waals surface area contributed by atoms with Crippen LogP contribution < -0.4 is 10.1 Å². The molecule has 0 fully saturated rings. The molecule has 1 heterocycles. The van der Waals surface area contributed by atoms with Gasteiger partial charge >= 0.3 is 0 Å². The van der Waals surface area contributed by atoms with E-state index in [1.807, 2.05) is 31.2 Å². The third kappa shape index (κ3) is 4.38. The van der Waals surface area contributed by atoms with Gasteiger partial charge in [0.25, 0.3) is 5.92 Å². The molecule has 6 heteroatoms. The number of anilines is 2. The summed E-state index contributed by atoms with van der Waals surface area (Å²) in [6.45, 7) is 4.86. The number of aromatic nitrogens is 2. The molecule has 118 valence electrons. The first-order valence-electron chi connectivity index (χ1n) is 7.14. The molecular weight excluding hydrogens is 288 g/mol. The van der Waals surface area contributed by atoms with E-state index in [9.17, 15) is 8.78 Å². The number of ether oxygens (including phenoxy) is 1. The standard InChI is InChI=1S/C16H19F2N3O/c1-4-11(2)22-13-7-5-12(6-8-13)19-15-10-9-14(20-21-15)16(3,17)18/h5-11H,4H2,1-3H3,(H,19,21). The van der Waals surface area contributed by atoms with E-state index in [-0.39, 0.29) is 11.8 Å². The fourth-order valence-electron chi connectivity index (χ4n) is 1.71. The minimum absolute atomic E-state index is 0.160. The van der Waals surface area contributed by atoms with Gasteiger partial charge in [-0.15, -0.1) is 10.2 Å². The zero-order chi connectivity index (χ0) is 16.2. The van der Waals surface area contributed by atoms with Crippen LogP contribution in [0.1, 0.15) is 32.9 Å². The molecule has 0 aliphatic rings. The zero-order valence-corrected chi connectivity index (χ0v) is 12.8. The minimum Gasteiger partial charge on any atom is -0.491 e. The lowest BCUT2D eigenvalue weighted by Gasteiger charge is -2.13. The van der Waals surface area contributed by atoms with Crippen LogP contribution in [0.25, 0.3) is 0 Å². The van der Waals surface area contributed by atoms with Crippen molar-refractivity contribution < 1.29 is 13.5 Å². The lowest BCUT2D eigenvalue weighted by Crippen LogP contribution is -2.11. The van der Waals surface area contributed by atoms with Crippen LogP contribution >= 0.6 is 0 Å². The molecule has 0 amide bonds. The maximum absolute atomic E-state index is 13.1. The molecule has 2 aromatic rings. The van der Waals surface area contributed by atoms with Gasteiger partial charge in [0.15, 0.2) is 5.82 Å². The smallest absolute Gasteiger partial charge is 0.288 e. The molecule has 1 aromatic carbocycles. The van der Waals surface area contributed by atoms with E-state index in [2.05, 4.69) is 22.4 Å². The Morgan fingerprint density at radius 3 is 2.32 bits per heavy atom. The summed E-state index contributed by atoms with van der Waals surface area (Å²) in [7, 11) is 0. The number of halogens is 2. The molecule has 1 aromatic heterocycles. The molecule has 0 bridgehead atoms. The molecule has 1 atom stereocenters. The second-order valence-corrected chi connectivity index (χ2v) is 5.18. The van der Waals surface area contributed by atoms with Crippen LogP contribution in [0.3, 0.4) is 0 Å². The van der Waals surface area contributed by atoms with Gasteiger partial charge in [-0.05, 0) is 49.7 Å². The highest BCUT2D eigenvalue weighted by Gasteiger charge is 2.26. The number of hydrogen-bond donors (Lipinski definition) is 1. The average Bonchev–Trinajstić information content (AvgIpc) is 2.49. The maximum Gasteiger partial charge on any atom is 0.288 e. The second-order valence-electron chi connectivity index (χ2n) is 5.18. The van der Waals surface area contributed by atoms with Gasteiger partial charge < -0.3 is 10.1 Å². The van der Waals surface area contributed by atoms with Crippen molar-refractivity contribution in [3.8, 4) is 5.75 Å². The first-order valence-corrected chi connectivity index (χ1v) is 7.14. The molecule has 1 N–H and O–H groups in total. The van der Waals surface area contributed by atoms with E-state index < -0.39 is 5.92 Å². The highest BCUT2D eigenvalue weighted by Crippen LogP contribution is 2.25. The summed E-state index contributed by atoms with van der Waals surface area (Å²) in [4.78, 5) is 0. The van der Waals surface area contributed by atoms with Gasteiger partial charge in [0, 0.05) is 12.6 Å². The van der Waals surface area contributed by atoms with Gasteiger partial charge in [0.1, 0.15) is 11.4 Å². The lowest BCUT2D eigenvalue weighted by molar-refractivity contribution is 0.0119. The third-order valence-electron chi connectivity index (χ3n) is 3.15. The Morgan fingerprint density at radius 1 is 1.14 bits per heavy atom. The Morgan fingerprint density at radius 2 is 1.82 bits per heavy atom. The SMILES string of the molecule is CCC(C)Oc1ccc(Nc2ccc(C(C)(F)F)nn2)cc1. The van der Waals surface area contributed by atoms with E-state index >= 15 is 0 Å². The van der Waals surface area contributed by atoms with Crippen molar-refractivity contribution in [2.24, 2.45) is 0 Å². The molecule has 0 saturated heterocycles. The van der Waals surface area contributed by atoms with Gasteiger partial charge in [0.05, 0.1) is 6.10 Å².